The maximum Gasteiger partial charge on any atom is 0.200 e. The van der Waals surface area contributed by atoms with Crippen LogP contribution in [-0.4, -0.2) is 9.78 Å². The molecule has 0 radical (unpaired) electrons. The van der Waals surface area contributed by atoms with E-state index in [9.17, 15) is 22.0 Å². The molecule has 0 aliphatic rings. The summed E-state index contributed by atoms with van der Waals surface area (Å²) in [5.41, 5.74) is -0.187. The summed E-state index contributed by atoms with van der Waals surface area (Å²) in [6.07, 6.45) is 0. The first-order chi connectivity index (χ1) is 12.3. The van der Waals surface area contributed by atoms with Crippen molar-refractivity contribution in [2.24, 2.45) is 10.2 Å². The first kappa shape index (κ1) is 17.7. The number of rotatable bonds is 3. The summed E-state index contributed by atoms with van der Waals surface area (Å²) >= 11 is 0. The largest absolute Gasteiger partial charge is 0.229 e. The van der Waals surface area contributed by atoms with E-state index in [4.69, 9.17) is 0 Å². The zero-order chi connectivity index (χ0) is 19.0. The molecule has 1 heterocycles. The van der Waals surface area contributed by atoms with Gasteiger partial charge in [0.1, 0.15) is 11.4 Å². The smallest absolute Gasteiger partial charge is 0.200 e. The number of halogens is 5. The lowest BCUT2D eigenvalue weighted by Gasteiger charge is -2.09. The van der Waals surface area contributed by atoms with Crippen LogP contribution in [0.2, 0.25) is 0 Å². The van der Waals surface area contributed by atoms with Crippen LogP contribution in [0.5, 0.6) is 0 Å². The molecule has 0 saturated heterocycles. The zero-order valence-corrected chi connectivity index (χ0v) is 13.6. The van der Waals surface area contributed by atoms with Crippen LogP contribution in [0, 0.1) is 42.9 Å². The van der Waals surface area contributed by atoms with Gasteiger partial charge in [-0.25, -0.2) is 26.6 Å². The number of hydrogen-bond donors (Lipinski definition) is 0. The van der Waals surface area contributed by atoms with Crippen LogP contribution >= 0.6 is 0 Å². The second-order valence-electron chi connectivity index (χ2n) is 5.39. The quantitative estimate of drug-likeness (QED) is 0.257. The van der Waals surface area contributed by atoms with Gasteiger partial charge in [0.15, 0.2) is 23.3 Å². The minimum Gasteiger partial charge on any atom is -0.229 e. The monoisotopic (exact) mass is 366 g/mol. The predicted molar refractivity (Wildman–Crippen MR) is 83.4 cm³/mol. The van der Waals surface area contributed by atoms with Gasteiger partial charge in [-0.1, -0.05) is 18.2 Å². The number of hydrogen-bond acceptors (Lipinski definition) is 3. The topological polar surface area (TPSA) is 42.5 Å². The van der Waals surface area contributed by atoms with E-state index in [1.54, 1.807) is 30.3 Å². The Bertz CT molecular complexity index is 983. The van der Waals surface area contributed by atoms with Gasteiger partial charge in [0.2, 0.25) is 5.82 Å². The van der Waals surface area contributed by atoms with Gasteiger partial charge < -0.3 is 0 Å². The van der Waals surface area contributed by atoms with Crippen molar-refractivity contribution in [3.05, 3.63) is 70.8 Å². The molecule has 0 atom stereocenters. The highest BCUT2D eigenvalue weighted by atomic mass is 19.2. The summed E-state index contributed by atoms with van der Waals surface area (Å²) in [6.45, 7) is 2.87. The fourth-order valence-corrected chi connectivity index (χ4v) is 2.38. The Hall–Kier alpha value is -3.10. The van der Waals surface area contributed by atoms with Crippen molar-refractivity contribution in [3.63, 3.8) is 0 Å². The summed E-state index contributed by atoms with van der Waals surface area (Å²) in [4.78, 5) is 0. The summed E-state index contributed by atoms with van der Waals surface area (Å²) in [7, 11) is 0. The van der Waals surface area contributed by atoms with Crippen molar-refractivity contribution in [2.45, 2.75) is 13.8 Å². The van der Waals surface area contributed by atoms with Crippen LogP contribution in [-0.2, 0) is 0 Å². The second-order valence-corrected chi connectivity index (χ2v) is 5.39. The molecule has 0 saturated carbocycles. The van der Waals surface area contributed by atoms with Crippen molar-refractivity contribution in [2.75, 3.05) is 0 Å². The molecule has 0 fully saturated rings. The lowest BCUT2D eigenvalue weighted by atomic mass is 10.2. The molecule has 0 amide bonds. The molecule has 3 rings (SSSR count). The molecular weight excluding hydrogens is 355 g/mol. The van der Waals surface area contributed by atoms with E-state index in [1.165, 1.54) is 13.8 Å². The minimum absolute atomic E-state index is 0.0744. The van der Waals surface area contributed by atoms with E-state index < -0.39 is 34.8 Å². The Balaban J connectivity index is 2.14. The van der Waals surface area contributed by atoms with Gasteiger partial charge in [-0.3, -0.25) is 0 Å². The van der Waals surface area contributed by atoms with Gasteiger partial charge in [-0.05, 0) is 26.0 Å². The molecule has 0 unspecified atom stereocenters. The Morgan fingerprint density at radius 1 is 0.769 bits per heavy atom. The van der Waals surface area contributed by atoms with E-state index in [0.29, 0.717) is 10.4 Å². The molecule has 0 N–H and O–H groups in total. The predicted octanol–water partition coefficient (Wildman–Crippen LogP) is 5.60. The van der Waals surface area contributed by atoms with Gasteiger partial charge in [0, 0.05) is 0 Å². The molecule has 3 aromatic rings. The van der Waals surface area contributed by atoms with Crippen molar-refractivity contribution in [1.29, 1.82) is 0 Å². The Labute approximate surface area is 144 Å². The number of aryl methyl sites for hydroxylation is 1. The minimum atomic E-state index is -2.23. The summed E-state index contributed by atoms with van der Waals surface area (Å²) < 4.78 is 68.8. The molecule has 1 aromatic heterocycles. The third-order valence-electron chi connectivity index (χ3n) is 3.67. The molecule has 0 spiro atoms. The fraction of sp³-hybridized carbons (Fsp3) is 0.118. The van der Waals surface area contributed by atoms with Crippen molar-refractivity contribution < 1.29 is 22.0 Å². The van der Waals surface area contributed by atoms with Gasteiger partial charge in [-0.15, -0.1) is 5.11 Å². The Morgan fingerprint density at radius 2 is 1.31 bits per heavy atom. The first-order valence-electron chi connectivity index (χ1n) is 7.37. The average molecular weight is 366 g/mol. The molecule has 26 heavy (non-hydrogen) atoms. The Morgan fingerprint density at radius 3 is 1.88 bits per heavy atom. The normalized spacial score (nSPS) is 11.5. The van der Waals surface area contributed by atoms with E-state index in [-0.39, 0.29) is 17.1 Å². The molecule has 0 bridgehead atoms. The van der Waals surface area contributed by atoms with Gasteiger partial charge in [0.25, 0.3) is 0 Å². The molecule has 4 nitrogen and oxygen atoms in total. The van der Waals surface area contributed by atoms with Crippen LogP contribution in [0.25, 0.3) is 5.69 Å². The molecule has 134 valence electrons. The molecule has 9 heteroatoms. The number of nitrogens with zero attached hydrogens (tertiary/aromatic N) is 4. The molecular formula is C17H11F5N4. The zero-order valence-electron chi connectivity index (χ0n) is 13.6. The number of azo groups is 1. The number of benzene rings is 2. The van der Waals surface area contributed by atoms with Crippen molar-refractivity contribution >= 4 is 11.4 Å². The Kier molecular flexibility index (Phi) is 4.54. The summed E-state index contributed by atoms with van der Waals surface area (Å²) in [5, 5.41) is 11.8. The highest BCUT2D eigenvalue weighted by molar-refractivity contribution is 5.51. The van der Waals surface area contributed by atoms with Crippen molar-refractivity contribution in [1.82, 2.24) is 9.78 Å². The van der Waals surface area contributed by atoms with Gasteiger partial charge in [0.05, 0.1) is 17.1 Å². The maximum atomic E-state index is 14.0. The lowest BCUT2D eigenvalue weighted by Crippen LogP contribution is -2.11. The van der Waals surface area contributed by atoms with Crippen LogP contribution in [0.4, 0.5) is 33.3 Å². The molecule has 0 aliphatic heterocycles. The lowest BCUT2D eigenvalue weighted by molar-refractivity contribution is 0.373. The van der Waals surface area contributed by atoms with E-state index in [1.807, 2.05) is 0 Å². The highest BCUT2D eigenvalue weighted by Crippen LogP contribution is 2.31. The summed E-state index contributed by atoms with van der Waals surface area (Å²) in [5.74, 6) is -10.3. The van der Waals surface area contributed by atoms with E-state index in [2.05, 4.69) is 15.3 Å². The van der Waals surface area contributed by atoms with Crippen LogP contribution < -0.4 is 0 Å². The fourth-order valence-electron chi connectivity index (χ4n) is 2.38. The maximum absolute atomic E-state index is 14.0. The standard InChI is InChI=1S/C17H11F5N4/c1-8-16(24-23-10-6-4-3-5-7-10)9(2)26(25-8)17-14(21)12(19)11(18)13(20)15(17)22/h3-7H,1-2H3. The average Bonchev–Trinajstić information content (AvgIpc) is 2.91. The van der Waals surface area contributed by atoms with E-state index >= 15 is 0 Å². The number of aromatic nitrogens is 2. The molecule has 0 aliphatic carbocycles. The third-order valence-corrected chi connectivity index (χ3v) is 3.67. The third kappa shape index (κ3) is 2.85. The van der Waals surface area contributed by atoms with E-state index in [0.717, 1.165) is 0 Å². The summed E-state index contributed by atoms with van der Waals surface area (Å²) in [6, 6.07) is 8.64. The van der Waals surface area contributed by atoms with Gasteiger partial charge in [-0.2, -0.15) is 10.2 Å². The van der Waals surface area contributed by atoms with Crippen LogP contribution in [0.3, 0.4) is 0 Å². The van der Waals surface area contributed by atoms with Gasteiger partial charge >= 0.3 is 0 Å². The van der Waals surface area contributed by atoms with Crippen LogP contribution in [0.1, 0.15) is 11.4 Å². The second kappa shape index (κ2) is 6.66. The SMILES string of the molecule is Cc1nn(-c2c(F)c(F)c(F)c(F)c2F)c(C)c1N=Nc1ccccc1. The highest BCUT2D eigenvalue weighted by Gasteiger charge is 2.29. The first-order valence-corrected chi connectivity index (χ1v) is 7.37. The van der Waals surface area contributed by atoms with Crippen LogP contribution in [0.15, 0.2) is 40.6 Å². The van der Waals surface area contributed by atoms with Crippen molar-refractivity contribution in [3.8, 4) is 5.69 Å². The molecule has 2 aromatic carbocycles.